The molecule has 1 aliphatic heterocycles. The molecule has 0 aromatic carbocycles. The molecule has 1 amide bonds. The molecule has 1 rings (SSSR count). The summed E-state index contributed by atoms with van der Waals surface area (Å²) in [7, 11) is 0. The molecule has 2 N–H and O–H groups in total. The first-order valence-corrected chi connectivity index (χ1v) is 5.54. The molecule has 92 valence electrons. The molecular weight excluding hydrogens is 232 g/mol. The largest absolute Gasteiger partial charge is 0.465 e. The molecule has 1 aliphatic rings. The number of oxime groups is 1. The van der Waals surface area contributed by atoms with E-state index in [1.807, 2.05) is 20.8 Å². The monoisotopic (exact) mass is 248 g/mol. The average Bonchev–Trinajstić information content (AvgIpc) is 2.60. The minimum Gasteiger partial charge on any atom is -0.465 e. The van der Waals surface area contributed by atoms with Gasteiger partial charge >= 0.3 is 6.09 Å². The molecule has 6 heteroatoms. The molecule has 0 bridgehead atoms. The van der Waals surface area contributed by atoms with Gasteiger partial charge in [-0.05, 0) is 18.3 Å². The normalized spacial score (nSPS) is 27.2. The van der Waals surface area contributed by atoms with Crippen molar-refractivity contribution in [1.29, 1.82) is 0 Å². The Morgan fingerprint density at radius 2 is 2.06 bits per heavy atom. The third-order valence-electron chi connectivity index (χ3n) is 3.28. The summed E-state index contributed by atoms with van der Waals surface area (Å²) < 4.78 is 0. The van der Waals surface area contributed by atoms with E-state index in [2.05, 4.69) is 5.16 Å². The van der Waals surface area contributed by atoms with E-state index in [1.54, 1.807) is 0 Å². The Balaban J connectivity index is 3.30. The van der Waals surface area contributed by atoms with Crippen molar-refractivity contribution < 1.29 is 15.1 Å². The summed E-state index contributed by atoms with van der Waals surface area (Å²) in [5.74, 6) is 0. The predicted octanol–water partition coefficient (Wildman–Crippen LogP) is 2.57. The van der Waals surface area contributed by atoms with Crippen LogP contribution >= 0.6 is 11.6 Å². The first kappa shape index (κ1) is 13.1. The molecule has 1 atom stereocenters. The molecule has 0 spiro atoms. The SMILES string of the molecule is CC(C)(C)[C@]1(C(Cl)=NO)CCCN1C(=O)O. The molecule has 0 radical (unpaired) electrons. The van der Waals surface area contributed by atoms with Gasteiger partial charge in [-0.25, -0.2) is 4.79 Å². The molecule has 0 saturated carbocycles. The van der Waals surface area contributed by atoms with Crippen LogP contribution in [0.2, 0.25) is 0 Å². The van der Waals surface area contributed by atoms with E-state index >= 15 is 0 Å². The van der Waals surface area contributed by atoms with Gasteiger partial charge in [0, 0.05) is 6.54 Å². The Morgan fingerprint density at radius 1 is 1.50 bits per heavy atom. The van der Waals surface area contributed by atoms with Crippen LogP contribution in [0, 0.1) is 5.41 Å². The lowest BCUT2D eigenvalue weighted by atomic mass is 9.72. The number of halogens is 1. The van der Waals surface area contributed by atoms with Gasteiger partial charge in [0.05, 0.1) is 0 Å². The van der Waals surface area contributed by atoms with Gasteiger partial charge in [-0.2, -0.15) is 0 Å². The first-order chi connectivity index (χ1) is 7.27. The standard InChI is InChI=1S/C10H17ClN2O3/c1-9(2,3)10(7(11)12-16)5-4-6-13(10)8(14)15/h16H,4-6H2,1-3H3,(H,14,15)/t10-/m1/s1. The van der Waals surface area contributed by atoms with E-state index < -0.39 is 17.0 Å². The quantitative estimate of drug-likeness (QED) is 0.426. The second kappa shape index (κ2) is 4.13. The van der Waals surface area contributed by atoms with Crippen molar-refractivity contribution in [3.63, 3.8) is 0 Å². The summed E-state index contributed by atoms with van der Waals surface area (Å²) in [5, 5.41) is 21.0. The van der Waals surface area contributed by atoms with Crippen LogP contribution in [-0.4, -0.2) is 38.6 Å². The van der Waals surface area contributed by atoms with Crippen LogP contribution in [0.3, 0.4) is 0 Å². The van der Waals surface area contributed by atoms with Crippen LogP contribution in [0.1, 0.15) is 33.6 Å². The van der Waals surface area contributed by atoms with Crippen LogP contribution in [0.4, 0.5) is 4.79 Å². The van der Waals surface area contributed by atoms with E-state index in [0.717, 1.165) is 6.42 Å². The average molecular weight is 249 g/mol. The second-order valence-electron chi connectivity index (χ2n) is 5.04. The fraction of sp³-hybridized carbons (Fsp3) is 0.800. The lowest BCUT2D eigenvalue weighted by molar-refractivity contribution is 0.0758. The van der Waals surface area contributed by atoms with Gasteiger partial charge in [0.25, 0.3) is 0 Å². The summed E-state index contributed by atoms with van der Waals surface area (Å²) in [6.45, 7) is 6.09. The van der Waals surface area contributed by atoms with Crippen molar-refractivity contribution in [2.24, 2.45) is 10.6 Å². The zero-order valence-corrected chi connectivity index (χ0v) is 10.5. The van der Waals surface area contributed by atoms with E-state index in [4.69, 9.17) is 16.8 Å². The minimum atomic E-state index is -1.03. The Bertz CT molecular complexity index is 325. The van der Waals surface area contributed by atoms with Crippen LogP contribution in [-0.2, 0) is 0 Å². The zero-order valence-electron chi connectivity index (χ0n) is 9.70. The number of nitrogens with zero attached hydrogens (tertiary/aromatic N) is 2. The maximum Gasteiger partial charge on any atom is 0.408 e. The van der Waals surface area contributed by atoms with Crippen molar-refractivity contribution in [3.05, 3.63) is 0 Å². The van der Waals surface area contributed by atoms with E-state index in [-0.39, 0.29) is 5.17 Å². The van der Waals surface area contributed by atoms with Gasteiger partial charge in [0.1, 0.15) is 5.54 Å². The topological polar surface area (TPSA) is 73.1 Å². The van der Waals surface area contributed by atoms with Crippen molar-refractivity contribution in [2.75, 3.05) is 6.54 Å². The molecule has 1 heterocycles. The molecule has 16 heavy (non-hydrogen) atoms. The smallest absolute Gasteiger partial charge is 0.408 e. The maximum absolute atomic E-state index is 11.2. The van der Waals surface area contributed by atoms with E-state index in [1.165, 1.54) is 4.90 Å². The highest BCUT2D eigenvalue weighted by Gasteiger charge is 2.55. The Labute approximate surface area is 99.7 Å². The summed E-state index contributed by atoms with van der Waals surface area (Å²) in [6.07, 6.45) is 0.260. The van der Waals surface area contributed by atoms with Crippen molar-refractivity contribution in [2.45, 2.75) is 39.2 Å². The number of hydrogen-bond donors (Lipinski definition) is 2. The number of carbonyl (C=O) groups is 1. The second-order valence-corrected chi connectivity index (χ2v) is 5.40. The number of carboxylic acid groups (broad SMARTS) is 1. The molecule has 1 fully saturated rings. The van der Waals surface area contributed by atoms with E-state index in [9.17, 15) is 9.90 Å². The van der Waals surface area contributed by atoms with Gasteiger partial charge in [-0.15, -0.1) is 0 Å². The van der Waals surface area contributed by atoms with Gasteiger partial charge in [0.15, 0.2) is 5.17 Å². The summed E-state index contributed by atoms with van der Waals surface area (Å²) in [6, 6.07) is 0. The van der Waals surface area contributed by atoms with Crippen molar-refractivity contribution in [3.8, 4) is 0 Å². The summed E-state index contributed by atoms with van der Waals surface area (Å²) in [5.41, 5.74) is -1.35. The van der Waals surface area contributed by atoms with Crippen LogP contribution in [0.15, 0.2) is 5.16 Å². The number of hydrogen-bond acceptors (Lipinski definition) is 3. The molecule has 0 unspecified atom stereocenters. The lowest BCUT2D eigenvalue weighted by Crippen LogP contribution is -2.59. The van der Waals surface area contributed by atoms with Gasteiger partial charge in [0.2, 0.25) is 0 Å². The summed E-state index contributed by atoms with van der Waals surface area (Å²) in [4.78, 5) is 12.5. The van der Waals surface area contributed by atoms with Gasteiger partial charge < -0.3 is 10.3 Å². The third-order valence-corrected chi connectivity index (χ3v) is 3.67. The summed E-state index contributed by atoms with van der Waals surface area (Å²) >= 11 is 5.95. The Kier molecular flexibility index (Phi) is 3.38. The molecular formula is C10H17ClN2O3. The maximum atomic E-state index is 11.2. The predicted molar refractivity (Wildman–Crippen MR) is 61.2 cm³/mol. The van der Waals surface area contributed by atoms with E-state index in [0.29, 0.717) is 13.0 Å². The first-order valence-electron chi connectivity index (χ1n) is 5.16. The molecule has 0 aromatic heterocycles. The Morgan fingerprint density at radius 3 is 2.44 bits per heavy atom. The van der Waals surface area contributed by atoms with Crippen LogP contribution < -0.4 is 0 Å². The number of likely N-dealkylation sites (tertiary alicyclic amines) is 1. The molecule has 0 aliphatic carbocycles. The van der Waals surface area contributed by atoms with Crippen LogP contribution in [0.5, 0.6) is 0 Å². The minimum absolute atomic E-state index is 0.0556. The lowest BCUT2D eigenvalue weighted by Gasteiger charge is -2.45. The third kappa shape index (κ3) is 1.73. The van der Waals surface area contributed by atoms with Gasteiger partial charge in [-0.1, -0.05) is 37.5 Å². The van der Waals surface area contributed by atoms with Crippen molar-refractivity contribution >= 4 is 22.9 Å². The van der Waals surface area contributed by atoms with Crippen molar-refractivity contribution in [1.82, 2.24) is 4.90 Å². The molecule has 1 saturated heterocycles. The zero-order chi connectivity index (χ0) is 12.6. The highest BCUT2D eigenvalue weighted by Crippen LogP contribution is 2.45. The number of amides is 1. The fourth-order valence-corrected chi connectivity index (χ4v) is 2.94. The Hall–Kier alpha value is -0.970. The molecule has 5 nitrogen and oxygen atoms in total. The number of rotatable bonds is 1. The highest BCUT2D eigenvalue weighted by molar-refractivity contribution is 6.67. The van der Waals surface area contributed by atoms with Crippen LogP contribution in [0.25, 0.3) is 0 Å². The molecule has 0 aromatic rings. The highest BCUT2D eigenvalue weighted by atomic mass is 35.5. The fourth-order valence-electron chi connectivity index (χ4n) is 2.46. The van der Waals surface area contributed by atoms with Gasteiger partial charge in [-0.3, -0.25) is 4.90 Å².